The third-order valence-electron chi connectivity index (χ3n) is 5.68. The average molecular weight is 426 g/mol. The van der Waals surface area contributed by atoms with E-state index in [1.54, 1.807) is 4.90 Å². The van der Waals surface area contributed by atoms with Gasteiger partial charge >= 0.3 is 12.2 Å². The van der Waals surface area contributed by atoms with Gasteiger partial charge in [0.05, 0.1) is 6.54 Å². The summed E-state index contributed by atoms with van der Waals surface area (Å²) in [6, 6.07) is 18.9. The summed E-state index contributed by atoms with van der Waals surface area (Å²) >= 11 is 0. The van der Waals surface area contributed by atoms with Crippen molar-refractivity contribution in [2.45, 2.75) is 38.3 Å². The van der Waals surface area contributed by atoms with Crippen LogP contribution in [0.25, 0.3) is 0 Å². The highest BCUT2D eigenvalue weighted by atomic mass is 19.1. The van der Waals surface area contributed by atoms with Crippen molar-refractivity contribution >= 4 is 12.2 Å². The third-order valence-corrected chi connectivity index (χ3v) is 5.68. The molecule has 31 heavy (non-hydrogen) atoms. The highest BCUT2D eigenvalue weighted by Gasteiger charge is 2.41. The molecule has 0 N–H and O–H groups in total. The topological polar surface area (TPSA) is 59.1 Å². The SMILES string of the molecule is O=C(OCc1ccccc1)N1C[C@@H](CN(C(=O)OCc2ccccc2)C2CC2)[C@@H](F)C1. The maximum Gasteiger partial charge on any atom is 0.410 e. The van der Waals surface area contributed by atoms with Gasteiger partial charge in [-0.2, -0.15) is 0 Å². The van der Waals surface area contributed by atoms with Crippen LogP contribution >= 0.6 is 0 Å². The molecule has 0 aromatic heterocycles. The van der Waals surface area contributed by atoms with E-state index >= 15 is 0 Å². The van der Waals surface area contributed by atoms with Gasteiger partial charge in [0.2, 0.25) is 0 Å². The molecule has 2 atom stereocenters. The number of benzene rings is 2. The molecule has 164 valence electrons. The number of halogens is 1. The Bertz CT molecular complexity index is 876. The van der Waals surface area contributed by atoms with Gasteiger partial charge in [-0.05, 0) is 24.0 Å². The lowest BCUT2D eigenvalue weighted by Gasteiger charge is -2.25. The average Bonchev–Trinajstić information content (AvgIpc) is 3.58. The van der Waals surface area contributed by atoms with Crippen LogP contribution in [0.2, 0.25) is 0 Å². The molecule has 2 amide bonds. The standard InChI is InChI=1S/C24H27FN2O4/c25-22-15-26(23(28)30-16-18-7-3-1-4-8-18)13-20(22)14-27(21-11-12-21)24(29)31-17-19-9-5-2-6-10-19/h1-10,20-22H,11-17H2/t20-,22-/m0/s1. The number of amides is 2. The number of ether oxygens (including phenoxy) is 2. The van der Waals surface area contributed by atoms with E-state index < -0.39 is 24.3 Å². The molecule has 1 heterocycles. The highest BCUT2D eigenvalue weighted by Crippen LogP contribution is 2.31. The van der Waals surface area contributed by atoms with Crippen LogP contribution < -0.4 is 0 Å². The molecule has 1 saturated heterocycles. The smallest absolute Gasteiger partial charge is 0.410 e. The Morgan fingerprint density at radius 3 is 2.06 bits per heavy atom. The maximum absolute atomic E-state index is 14.7. The minimum absolute atomic E-state index is 0.0180. The fourth-order valence-electron chi connectivity index (χ4n) is 3.78. The van der Waals surface area contributed by atoms with Crippen LogP contribution in [-0.2, 0) is 22.7 Å². The van der Waals surface area contributed by atoms with Crippen molar-refractivity contribution in [2.24, 2.45) is 5.92 Å². The Labute approximate surface area is 181 Å². The second-order valence-corrected chi connectivity index (χ2v) is 8.14. The Morgan fingerprint density at radius 1 is 0.903 bits per heavy atom. The summed E-state index contributed by atoms with van der Waals surface area (Å²) in [6.45, 7) is 0.782. The predicted molar refractivity (Wildman–Crippen MR) is 113 cm³/mol. The minimum Gasteiger partial charge on any atom is -0.445 e. The zero-order valence-electron chi connectivity index (χ0n) is 17.4. The van der Waals surface area contributed by atoms with Crippen LogP contribution in [0.15, 0.2) is 60.7 Å². The van der Waals surface area contributed by atoms with Gasteiger partial charge in [0.1, 0.15) is 19.4 Å². The summed E-state index contributed by atoms with van der Waals surface area (Å²) < 4.78 is 25.5. The monoisotopic (exact) mass is 426 g/mol. The molecule has 2 aromatic rings. The molecule has 0 spiro atoms. The largest absolute Gasteiger partial charge is 0.445 e. The van der Waals surface area contributed by atoms with Gasteiger partial charge in [-0.15, -0.1) is 0 Å². The first-order valence-corrected chi connectivity index (χ1v) is 10.7. The second kappa shape index (κ2) is 9.81. The first-order valence-electron chi connectivity index (χ1n) is 10.7. The molecular formula is C24H27FN2O4. The molecule has 6 nitrogen and oxygen atoms in total. The molecule has 4 rings (SSSR count). The van der Waals surface area contributed by atoms with Crippen LogP contribution in [-0.4, -0.2) is 53.8 Å². The van der Waals surface area contributed by atoms with E-state index in [2.05, 4.69) is 0 Å². The van der Waals surface area contributed by atoms with E-state index in [4.69, 9.17) is 9.47 Å². The van der Waals surface area contributed by atoms with E-state index in [0.717, 1.165) is 24.0 Å². The molecule has 7 heteroatoms. The Morgan fingerprint density at radius 2 is 1.48 bits per heavy atom. The van der Waals surface area contributed by atoms with Gasteiger partial charge in [0.25, 0.3) is 0 Å². The van der Waals surface area contributed by atoms with E-state index in [-0.39, 0.29) is 38.9 Å². The van der Waals surface area contributed by atoms with Gasteiger partial charge in [-0.1, -0.05) is 60.7 Å². The molecule has 0 unspecified atom stereocenters. The molecule has 0 bridgehead atoms. The minimum atomic E-state index is -1.20. The van der Waals surface area contributed by atoms with Crippen molar-refractivity contribution in [3.05, 3.63) is 71.8 Å². The van der Waals surface area contributed by atoms with E-state index in [9.17, 15) is 14.0 Å². The van der Waals surface area contributed by atoms with Gasteiger partial charge in [-0.3, -0.25) is 0 Å². The number of hydrogen-bond donors (Lipinski definition) is 0. The summed E-state index contributed by atoms with van der Waals surface area (Å²) in [5.41, 5.74) is 1.78. The number of alkyl halides is 1. The van der Waals surface area contributed by atoms with Gasteiger partial charge < -0.3 is 19.3 Å². The maximum atomic E-state index is 14.7. The quantitative estimate of drug-likeness (QED) is 0.659. The van der Waals surface area contributed by atoms with Crippen LogP contribution in [0, 0.1) is 5.92 Å². The number of nitrogens with zero attached hydrogens (tertiary/aromatic N) is 2. The van der Waals surface area contributed by atoms with Crippen LogP contribution in [0.4, 0.5) is 14.0 Å². The van der Waals surface area contributed by atoms with Gasteiger partial charge in [0.15, 0.2) is 0 Å². The first-order chi connectivity index (χ1) is 15.1. The lowest BCUT2D eigenvalue weighted by Crippen LogP contribution is -2.40. The summed E-state index contributed by atoms with van der Waals surface area (Å²) in [7, 11) is 0. The van der Waals surface area contributed by atoms with Crippen LogP contribution in [0.1, 0.15) is 24.0 Å². The van der Waals surface area contributed by atoms with E-state index in [0.29, 0.717) is 0 Å². The zero-order valence-corrected chi connectivity index (χ0v) is 17.4. The zero-order chi connectivity index (χ0) is 21.6. The Hall–Kier alpha value is -3.09. The van der Waals surface area contributed by atoms with Crippen molar-refractivity contribution < 1.29 is 23.5 Å². The molecule has 2 aromatic carbocycles. The van der Waals surface area contributed by atoms with Crippen molar-refractivity contribution in [2.75, 3.05) is 19.6 Å². The fourth-order valence-corrected chi connectivity index (χ4v) is 3.78. The van der Waals surface area contributed by atoms with Crippen LogP contribution in [0.3, 0.4) is 0 Å². The summed E-state index contributed by atoms with van der Waals surface area (Å²) in [5, 5.41) is 0. The number of carbonyl (C=O) groups is 2. The normalized spacial score (nSPS) is 20.4. The molecule has 0 radical (unpaired) electrons. The predicted octanol–water partition coefficient (Wildman–Crippen LogP) is 4.39. The summed E-state index contributed by atoms with van der Waals surface area (Å²) in [5.74, 6) is -0.450. The molecule has 1 aliphatic carbocycles. The number of hydrogen-bond acceptors (Lipinski definition) is 4. The lowest BCUT2D eigenvalue weighted by atomic mass is 10.1. The molecular weight excluding hydrogens is 399 g/mol. The highest BCUT2D eigenvalue weighted by molar-refractivity contribution is 5.69. The molecule has 2 fully saturated rings. The Kier molecular flexibility index (Phi) is 6.70. The lowest BCUT2D eigenvalue weighted by molar-refractivity contribution is 0.0826. The molecule has 1 saturated carbocycles. The van der Waals surface area contributed by atoms with Crippen LogP contribution in [0.5, 0.6) is 0 Å². The number of likely N-dealkylation sites (tertiary alicyclic amines) is 1. The van der Waals surface area contributed by atoms with Crippen molar-refractivity contribution in [3.63, 3.8) is 0 Å². The van der Waals surface area contributed by atoms with E-state index in [1.807, 2.05) is 60.7 Å². The fraction of sp³-hybridized carbons (Fsp3) is 0.417. The first kappa shape index (κ1) is 21.2. The number of carbonyl (C=O) groups excluding carboxylic acids is 2. The van der Waals surface area contributed by atoms with Gasteiger partial charge in [0, 0.05) is 25.0 Å². The van der Waals surface area contributed by atoms with Gasteiger partial charge in [-0.25, -0.2) is 14.0 Å². The molecule has 1 aliphatic heterocycles. The van der Waals surface area contributed by atoms with Crippen molar-refractivity contribution in [1.29, 1.82) is 0 Å². The van der Waals surface area contributed by atoms with Crippen molar-refractivity contribution in [1.82, 2.24) is 9.80 Å². The van der Waals surface area contributed by atoms with E-state index in [1.165, 1.54) is 4.90 Å². The number of rotatable bonds is 7. The Balaban J connectivity index is 1.28. The third kappa shape index (κ3) is 5.75. The second-order valence-electron chi connectivity index (χ2n) is 8.14. The summed E-state index contributed by atoms with van der Waals surface area (Å²) in [6.07, 6.45) is -0.366. The van der Waals surface area contributed by atoms with Crippen molar-refractivity contribution in [3.8, 4) is 0 Å². The summed E-state index contributed by atoms with van der Waals surface area (Å²) in [4.78, 5) is 28.0. The molecule has 2 aliphatic rings.